The standard InChI is InChI=1S/C13H18N2O2S/c1-7-6-18-10(15-7)5-14-12-9-3-2-8(4-9)11(12)13(16)17/h6,8-9,11-12,14H,2-5H2,1H3,(H,16,17). The van der Waals surface area contributed by atoms with Crippen molar-refractivity contribution < 1.29 is 9.90 Å². The lowest BCUT2D eigenvalue weighted by atomic mass is 9.84. The monoisotopic (exact) mass is 266 g/mol. The number of hydrogen-bond acceptors (Lipinski definition) is 4. The second-order valence-corrected chi connectivity index (χ2v) is 6.43. The topological polar surface area (TPSA) is 62.2 Å². The molecule has 1 aromatic heterocycles. The number of aromatic nitrogens is 1. The number of nitrogens with zero attached hydrogens (tertiary/aromatic N) is 1. The number of thiazole rings is 1. The van der Waals surface area contributed by atoms with E-state index in [0.29, 0.717) is 18.4 Å². The molecule has 0 amide bonds. The van der Waals surface area contributed by atoms with Crippen molar-refractivity contribution in [3.05, 3.63) is 16.1 Å². The molecule has 1 heterocycles. The van der Waals surface area contributed by atoms with E-state index in [1.807, 2.05) is 12.3 Å². The van der Waals surface area contributed by atoms with Crippen molar-refractivity contribution in [2.45, 2.75) is 38.8 Å². The van der Waals surface area contributed by atoms with Crippen molar-refractivity contribution in [1.82, 2.24) is 10.3 Å². The SMILES string of the molecule is Cc1csc(CNC2C3CCC(C3)C2C(=O)O)n1. The highest BCUT2D eigenvalue weighted by Gasteiger charge is 2.50. The second-order valence-electron chi connectivity index (χ2n) is 5.49. The lowest BCUT2D eigenvalue weighted by Crippen LogP contribution is -2.43. The molecule has 0 aliphatic heterocycles. The highest BCUT2D eigenvalue weighted by atomic mass is 32.1. The number of fused-ring (bicyclic) bond motifs is 2. The Bertz CT molecular complexity index is 460. The maximum atomic E-state index is 11.4. The normalized spacial score (nSPS) is 34.1. The van der Waals surface area contributed by atoms with Gasteiger partial charge in [0.1, 0.15) is 5.01 Å². The summed E-state index contributed by atoms with van der Waals surface area (Å²) in [6.07, 6.45) is 3.37. The van der Waals surface area contributed by atoms with Crippen LogP contribution in [0, 0.1) is 24.7 Å². The largest absolute Gasteiger partial charge is 0.481 e. The van der Waals surface area contributed by atoms with Crippen LogP contribution in [0.1, 0.15) is 30.0 Å². The van der Waals surface area contributed by atoms with Gasteiger partial charge >= 0.3 is 5.97 Å². The number of aliphatic carboxylic acids is 1. The quantitative estimate of drug-likeness (QED) is 0.875. The Morgan fingerprint density at radius 1 is 1.56 bits per heavy atom. The minimum Gasteiger partial charge on any atom is -0.481 e. The fourth-order valence-electron chi connectivity index (χ4n) is 3.63. The minimum absolute atomic E-state index is 0.144. The summed E-state index contributed by atoms with van der Waals surface area (Å²) in [5.74, 6) is 0.125. The Balaban J connectivity index is 1.66. The third-order valence-corrected chi connectivity index (χ3v) is 5.32. The van der Waals surface area contributed by atoms with Gasteiger partial charge in [0.15, 0.2) is 0 Å². The van der Waals surface area contributed by atoms with Crippen LogP contribution in [-0.2, 0) is 11.3 Å². The summed E-state index contributed by atoms with van der Waals surface area (Å²) in [6.45, 7) is 2.69. The zero-order valence-corrected chi connectivity index (χ0v) is 11.2. The molecule has 4 atom stereocenters. The van der Waals surface area contributed by atoms with E-state index in [2.05, 4.69) is 10.3 Å². The predicted octanol–water partition coefficient (Wildman–Crippen LogP) is 2.04. The summed E-state index contributed by atoms with van der Waals surface area (Å²) in [6, 6.07) is 0.144. The number of aryl methyl sites for hydroxylation is 1. The molecule has 2 fully saturated rings. The van der Waals surface area contributed by atoms with Crippen LogP contribution in [0.15, 0.2) is 5.38 Å². The van der Waals surface area contributed by atoms with Crippen LogP contribution >= 0.6 is 11.3 Å². The maximum Gasteiger partial charge on any atom is 0.308 e. The zero-order valence-electron chi connectivity index (χ0n) is 10.4. The highest BCUT2D eigenvalue weighted by molar-refractivity contribution is 7.09. The summed E-state index contributed by atoms with van der Waals surface area (Å²) < 4.78 is 0. The van der Waals surface area contributed by atoms with Gasteiger partial charge in [0.25, 0.3) is 0 Å². The fourth-order valence-corrected chi connectivity index (χ4v) is 4.35. The average molecular weight is 266 g/mol. The lowest BCUT2D eigenvalue weighted by molar-refractivity contribution is -0.144. The summed E-state index contributed by atoms with van der Waals surface area (Å²) in [5, 5.41) is 15.9. The maximum absolute atomic E-state index is 11.4. The van der Waals surface area contributed by atoms with Gasteiger partial charge in [-0.15, -0.1) is 11.3 Å². The van der Waals surface area contributed by atoms with Gasteiger partial charge in [0.05, 0.1) is 5.92 Å². The zero-order chi connectivity index (χ0) is 12.7. The van der Waals surface area contributed by atoms with Crippen LogP contribution in [0.3, 0.4) is 0 Å². The summed E-state index contributed by atoms with van der Waals surface area (Å²) >= 11 is 1.64. The molecular formula is C13H18N2O2S. The molecule has 2 aliphatic carbocycles. The molecule has 2 saturated carbocycles. The van der Waals surface area contributed by atoms with E-state index in [0.717, 1.165) is 23.5 Å². The van der Waals surface area contributed by atoms with E-state index < -0.39 is 5.97 Å². The van der Waals surface area contributed by atoms with Crippen molar-refractivity contribution >= 4 is 17.3 Å². The van der Waals surface area contributed by atoms with Gasteiger partial charge < -0.3 is 10.4 Å². The van der Waals surface area contributed by atoms with Gasteiger partial charge in [-0.1, -0.05) is 0 Å². The van der Waals surface area contributed by atoms with Crippen molar-refractivity contribution in [3.8, 4) is 0 Å². The second kappa shape index (κ2) is 4.63. The van der Waals surface area contributed by atoms with Crippen LogP contribution in [0.4, 0.5) is 0 Å². The van der Waals surface area contributed by atoms with Crippen LogP contribution in [0.5, 0.6) is 0 Å². The third-order valence-electron chi connectivity index (χ3n) is 4.36. The average Bonchev–Trinajstić information content (AvgIpc) is 3.00. The molecule has 4 nitrogen and oxygen atoms in total. The third kappa shape index (κ3) is 2.06. The van der Waals surface area contributed by atoms with Crippen LogP contribution < -0.4 is 5.32 Å². The van der Waals surface area contributed by atoms with Gasteiger partial charge in [0.2, 0.25) is 0 Å². The van der Waals surface area contributed by atoms with Crippen molar-refractivity contribution in [2.24, 2.45) is 17.8 Å². The summed E-state index contributed by atoms with van der Waals surface area (Å²) in [5.41, 5.74) is 1.04. The molecule has 0 saturated heterocycles. The lowest BCUT2D eigenvalue weighted by Gasteiger charge is -2.28. The van der Waals surface area contributed by atoms with E-state index >= 15 is 0 Å². The first-order chi connectivity index (χ1) is 8.65. The Labute approximate surface area is 110 Å². The number of rotatable bonds is 4. The first kappa shape index (κ1) is 12.1. The molecule has 1 aromatic rings. The number of carboxylic acids is 1. The molecule has 4 unspecified atom stereocenters. The molecule has 18 heavy (non-hydrogen) atoms. The smallest absolute Gasteiger partial charge is 0.308 e. The molecule has 2 aliphatic rings. The Kier molecular flexibility index (Phi) is 3.11. The summed E-state index contributed by atoms with van der Waals surface area (Å²) in [7, 11) is 0. The number of carbonyl (C=O) groups is 1. The molecule has 0 spiro atoms. The predicted molar refractivity (Wildman–Crippen MR) is 69.4 cm³/mol. The molecule has 5 heteroatoms. The number of nitrogens with one attached hydrogen (secondary N) is 1. The highest BCUT2D eigenvalue weighted by Crippen LogP contribution is 2.48. The molecule has 2 bridgehead atoms. The van der Waals surface area contributed by atoms with Crippen molar-refractivity contribution in [3.63, 3.8) is 0 Å². The Hall–Kier alpha value is -0.940. The first-order valence-electron chi connectivity index (χ1n) is 6.52. The van der Waals surface area contributed by atoms with Crippen LogP contribution in [0.25, 0.3) is 0 Å². The molecular weight excluding hydrogens is 248 g/mol. The van der Waals surface area contributed by atoms with E-state index in [1.54, 1.807) is 11.3 Å². The van der Waals surface area contributed by atoms with Crippen LogP contribution in [0.2, 0.25) is 0 Å². The Morgan fingerprint density at radius 2 is 2.33 bits per heavy atom. The van der Waals surface area contributed by atoms with Gasteiger partial charge in [-0.05, 0) is 38.0 Å². The van der Waals surface area contributed by atoms with Crippen LogP contribution in [-0.4, -0.2) is 22.1 Å². The van der Waals surface area contributed by atoms with E-state index in [4.69, 9.17) is 0 Å². The van der Waals surface area contributed by atoms with Gasteiger partial charge in [-0.3, -0.25) is 4.79 Å². The Morgan fingerprint density at radius 3 is 3.00 bits per heavy atom. The molecule has 2 N–H and O–H groups in total. The number of hydrogen-bond donors (Lipinski definition) is 2. The molecule has 0 aromatic carbocycles. The van der Waals surface area contributed by atoms with Gasteiger partial charge in [-0.25, -0.2) is 4.98 Å². The van der Waals surface area contributed by atoms with E-state index in [-0.39, 0.29) is 12.0 Å². The van der Waals surface area contributed by atoms with Crippen molar-refractivity contribution in [2.75, 3.05) is 0 Å². The van der Waals surface area contributed by atoms with Crippen molar-refractivity contribution in [1.29, 1.82) is 0 Å². The van der Waals surface area contributed by atoms with Gasteiger partial charge in [-0.2, -0.15) is 0 Å². The summed E-state index contributed by atoms with van der Waals surface area (Å²) in [4.78, 5) is 15.8. The van der Waals surface area contributed by atoms with Gasteiger partial charge in [0, 0.05) is 23.7 Å². The fraction of sp³-hybridized carbons (Fsp3) is 0.692. The van der Waals surface area contributed by atoms with E-state index in [1.165, 1.54) is 6.42 Å². The minimum atomic E-state index is -0.630. The molecule has 3 rings (SSSR count). The first-order valence-corrected chi connectivity index (χ1v) is 7.40. The molecule has 0 radical (unpaired) electrons. The molecule has 98 valence electrons. The van der Waals surface area contributed by atoms with E-state index in [9.17, 15) is 9.90 Å². The number of carboxylic acid groups (broad SMARTS) is 1.